The van der Waals surface area contributed by atoms with E-state index in [9.17, 15) is 9.59 Å². The lowest BCUT2D eigenvalue weighted by molar-refractivity contribution is -0.122. The third-order valence-electron chi connectivity index (χ3n) is 3.65. The van der Waals surface area contributed by atoms with Crippen LogP contribution in [0.25, 0.3) is 0 Å². The second-order valence-corrected chi connectivity index (χ2v) is 5.23. The second kappa shape index (κ2) is 6.53. The van der Waals surface area contributed by atoms with Crippen molar-refractivity contribution in [2.24, 2.45) is 0 Å². The van der Waals surface area contributed by atoms with Gasteiger partial charge in [-0.1, -0.05) is 24.3 Å². The summed E-state index contributed by atoms with van der Waals surface area (Å²) < 4.78 is 6.86. The molecule has 1 aromatic carbocycles. The number of ether oxygens (including phenoxy) is 1. The minimum atomic E-state index is -0.291. The number of aromatic nitrogens is 2. The standard InChI is InChI=1S/C16H17N3O3/c20-15(10-19-16(21)6-3-7-18-19)17-9-14-8-12-4-1-2-5-13(12)11-22-14/h1-7,14H,8-11H2,(H,17,20). The fourth-order valence-electron chi connectivity index (χ4n) is 2.47. The Hall–Kier alpha value is -2.47. The number of hydrogen-bond acceptors (Lipinski definition) is 4. The highest BCUT2D eigenvalue weighted by Gasteiger charge is 2.19. The first kappa shape index (κ1) is 14.5. The number of rotatable bonds is 4. The van der Waals surface area contributed by atoms with Crippen molar-refractivity contribution < 1.29 is 9.53 Å². The molecular weight excluding hydrogens is 282 g/mol. The molecule has 3 rings (SSSR count). The van der Waals surface area contributed by atoms with Crippen LogP contribution < -0.4 is 10.9 Å². The van der Waals surface area contributed by atoms with Crippen LogP contribution in [0.1, 0.15) is 11.1 Å². The molecule has 1 N–H and O–H groups in total. The van der Waals surface area contributed by atoms with Gasteiger partial charge in [0.25, 0.3) is 5.56 Å². The monoisotopic (exact) mass is 299 g/mol. The smallest absolute Gasteiger partial charge is 0.267 e. The van der Waals surface area contributed by atoms with Crippen molar-refractivity contribution in [3.05, 3.63) is 64.1 Å². The molecule has 22 heavy (non-hydrogen) atoms. The minimum absolute atomic E-state index is 0.0423. The van der Waals surface area contributed by atoms with Crippen LogP contribution >= 0.6 is 0 Å². The SMILES string of the molecule is O=C(Cn1ncccc1=O)NCC1Cc2ccccc2CO1. The van der Waals surface area contributed by atoms with E-state index in [2.05, 4.69) is 22.5 Å². The van der Waals surface area contributed by atoms with Gasteiger partial charge in [0.2, 0.25) is 5.91 Å². The molecule has 114 valence electrons. The molecule has 0 radical (unpaired) electrons. The summed E-state index contributed by atoms with van der Waals surface area (Å²) in [6.07, 6.45) is 2.22. The fraction of sp³-hybridized carbons (Fsp3) is 0.312. The van der Waals surface area contributed by atoms with Crippen molar-refractivity contribution in [1.82, 2.24) is 15.1 Å². The molecule has 0 spiro atoms. The topological polar surface area (TPSA) is 73.2 Å². The van der Waals surface area contributed by atoms with E-state index in [4.69, 9.17) is 4.74 Å². The molecule has 1 aliphatic rings. The summed E-state index contributed by atoms with van der Waals surface area (Å²) in [7, 11) is 0. The van der Waals surface area contributed by atoms with Gasteiger partial charge in [0.1, 0.15) is 6.54 Å². The van der Waals surface area contributed by atoms with E-state index in [1.165, 1.54) is 23.4 Å². The average Bonchev–Trinajstić information content (AvgIpc) is 2.55. The van der Waals surface area contributed by atoms with E-state index in [1.807, 2.05) is 12.1 Å². The van der Waals surface area contributed by atoms with E-state index >= 15 is 0 Å². The molecule has 1 amide bonds. The van der Waals surface area contributed by atoms with Gasteiger partial charge in [-0.15, -0.1) is 0 Å². The van der Waals surface area contributed by atoms with Gasteiger partial charge in [0, 0.05) is 25.2 Å². The average molecular weight is 299 g/mol. The first-order valence-electron chi connectivity index (χ1n) is 7.19. The number of carbonyl (C=O) groups is 1. The fourth-order valence-corrected chi connectivity index (χ4v) is 2.47. The Labute approximate surface area is 127 Å². The van der Waals surface area contributed by atoms with Crippen LogP contribution in [0, 0.1) is 0 Å². The molecular formula is C16H17N3O3. The molecule has 1 unspecified atom stereocenters. The molecule has 2 heterocycles. The Morgan fingerprint density at radius 1 is 1.27 bits per heavy atom. The van der Waals surface area contributed by atoms with Gasteiger partial charge < -0.3 is 10.1 Å². The number of hydrogen-bond donors (Lipinski definition) is 1. The Balaban J connectivity index is 1.52. The molecule has 0 aliphatic carbocycles. The van der Waals surface area contributed by atoms with Gasteiger partial charge in [-0.25, -0.2) is 4.68 Å². The van der Waals surface area contributed by atoms with Crippen LogP contribution in [0.3, 0.4) is 0 Å². The molecule has 0 saturated carbocycles. The van der Waals surface area contributed by atoms with Gasteiger partial charge in [0.15, 0.2) is 0 Å². The number of carbonyl (C=O) groups excluding carboxylic acids is 1. The van der Waals surface area contributed by atoms with E-state index in [0.717, 1.165) is 11.1 Å². The summed E-state index contributed by atoms with van der Waals surface area (Å²) in [6.45, 7) is 0.911. The van der Waals surface area contributed by atoms with Crippen LogP contribution in [-0.4, -0.2) is 28.3 Å². The van der Waals surface area contributed by atoms with Crippen LogP contribution in [0.2, 0.25) is 0 Å². The van der Waals surface area contributed by atoms with E-state index < -0.39 is 0 Å². The molecule has 0 bridgehead atoms. The van der Waals surface area contributed by atoms with Crippen LogP contribution in [-0.2, 0) is 29.1 Å². The quantitative estimate of drug-likeness (QED) is 0.892. The highest BCUT2D eigenvalue weighted by atomic mass is 16.5. The first-order valence-corrected chi connectivity index (χ1v) is 7.19. The van der Waals surface area contributed by atoms with Crippen LogP contribution in [0.15, 0.2) is 47.4 Å². The largest absolute Gasteiger partial charge is 0.371 e. The highest BCUT2D eigenvalue weighted by Crippen LogP contribution is 2.19. The van der Waals surface area contributed by atoms with Gasteiger partial charge in [-0.05, 0) is 17.2 Å². The number of nitrogens with zero attached hydrogens (tertiary/aromatic N) is 2. The molecule has 0 saturated heterocycles. The Kier molecular flexibility index (Phi) is 4.29. The number of nitrogens with one attached hydrogen (secondary N) is 1. The number of amides is 1. The molecule has 0 fully saturated rings. The Morgan fingerprint density at radius 2 is 2.09 bits per heavy atom. The summed E-state index contributed by atoms with van der Waals surface area (Å²) in [4.78, 5) is 23.4. The van der Waals surface area contributed by atoms with Gasteiger partial charge in [0.05, 0.1) is 12.7 Å². The lowest BCUT2D eigenvalue weighted by Gasteiger charge is -2.25. The third-order valence-corrected chi connectivity index (χ3v) is 3.65. The minimum Gasteiger partial charge on any atom is -0.371 e. The van der Waals surface area contributed by atoms with Crippen molar-refractivity contribution in [2.45, 2.75) is 25.7 Å². The highest BCUT2D eigenvalue weighted by molar-refractivity contribution is 5.75. The predicted octanol–water partition coefficient (Wildman–Crippen LogP) is 0.501. The van der Waals surface area contributed by atoms with Gasteiger partial charge in [-0.3, -0.25) is 9.59 Å². The first-order chi connectivity index (χ1) is 10.7. The maximum absolute atomic E-state index is 11.9. The van der Waals surface area contributed by atoms with Crippen LogP contribution in [0.4, 0.5) is 0 Å². The Morgan fingerprint density at radius 3 is 2.91 bits per heavy atom. The zero-order valence-corrected chi connectivity index (χ0v) is 12.1. The summed E-state index contributed by atoms with van der Waals surface area (Å²) in [5.74, 6) is -0.247. The van der Waals surface area contributed by atoms with Crippen LogP contribution in [0.5, 0.6) is 0 Å². The molecule has 6 nitrogen and oxygen atoms in total. The van der Waals surface area contributed by atoms with E-state index in [0.29, 0.717) is 13.2 Å². The van der Waals surface area contributed by atoms with E-state index in [-0.39, 0.29) is 24.1 Å². The molecule has 1 atom stereocenters. The number of fused-ring (bicyclic) bond motifs is 1. The predicted molar refractivity (Wildman–Crippen MR) is 80.2 cm³/mol. The molecule has 1 aliphatic heterocycles. The van der Waals surface area contributed by atoms with Crippen molar-refractivity contribution in [3.63, 3.8) is 0 Å². The zero-order chi connectivity index (χ0) is 15.4. The van der Waals surface area contributed by atoms with Crippen molar-refractivity contribution in [1.29, 1.82) is 0 Å². The maximum atomic E-state index is 11.9. The number of benzene rings is 1. The van der Waals surface area contributed by atoms with Crippen molar-refractivity contribution >= 4 is 5.91 Å². The molecule has 2 aromatic rings. The summed E-state index contributed by atoms with van der Waals surface area (Å²) in [5.41, 5.74) is 2.17. The summed E-state index contributed by atoms with van der Waals surface area (Å²) >= 11 is 0. The van der Waals surface area contributed by atoms with Gasteiger partial charge >= 0.3 is 0 Å². The maximum Gasteiger partial charge on any atom is 0.267 e. The molecule has 1 aromatic heterocycles. The van der Waals surface area contributed by atoms with Crippen molar-refractivity contribution in [2.75, 3.05) is 6.54 Å². The lowest BCUT2D eigenvalue weighted by Crippen LogP contribution is -2.39. The summed E-state index contributed by atoms with van der Waals surface area (Å²) in [6, 6.07) is 11.1. The van der Waals surface area contributed by atoms with E-state index in [1.54, 1.807) is 6.07 Å². The summed E-state index contributed by atoms with van der Waals surface area (Å²) in [5, 5.41) is 6.65. The van der Waals surface area contributed by atoms with Crippen molar-refractivity contribution in [3.8, 4) is 0 Å². The third kappa shape index (κ3) is 3.40. The normalized spacial score (nSPS) is 16.8. The Bertz CT molecular complexity index is 726. The molecule has 6 heteroatoms. The second-order valence-electron chi connectivity index (χ2n) is 5.23. The zero-order valence-electron chi connectivity index (χ0n) is 12.1. The van der Waals surface area contributed by atoms with Gasteiger partial charge in [-0.2, -0.15) is 5.10 Å². The lowest BCUT2D eigenvalue weighted by atomic mass is 9.99.